The number of aromatic nitrogens is 3. The highest BCUT2D eigenvalue weighted by molar-refractivity contribution is 7.15. The van der Waals surface area contributed by atoms with Gasteiger partial charge in [0.2, 0.25) is 0 Å². The highest BCUT2D eigenvalue weighted by Crippen LogP contribution is 2.40. The molecular formula is C27H22F4N4O3S. The zero-order valence-electron chi connectivity index (χ0n) is 20.5. The minimum Gasteiger partial charge on any atom is -0.478 e. The number of hydrogen-bond acceptors (Lipinski definition) is 7. The summed E-state index contributed by atoms with van der Waals surface area (Å²) in [6, 6.07) is 7.66. The van der Waals surface area contributed by atoms with Crippen LogP contribution in [-0.2, 0) is 24.6 Å². The third-order valence-electron chi connectivity index (χ3n) is 6.52. The molecule has 7 nitrogen and oxygen atoms in total. The number of fused-ring (bicyclic) bond motifs is 1. The van der Waals surface area contributed by atoms with E-state index in [1.54, 1.807) is 18.3 Å². The van der Waals surface area contributed by atoms with E-state index in [2.05, 4.69) is 20.3 Å². The molecule has 1 aromatic carbocycles. The minimum atomic E-state index is -4.50. The lowest BCUT2D eigenvalue weighted by molar-refractivity contribution is -0.137. The molecule has 39 heavy (non-hydrogen) atoms. The number of rotatable bonds is 6. The third kappa shape index (κ3) is 5.62. The fourth-order valence-corrected chi connectivity index (χ4v) is 5.72. The molecule has 3 N–H and O–H groups in total. The monoisotopic (exact) mass is 558 g/mol. The number of nitrogens with one attached hydrogen (secondary N) is 1. The molecule has 0 saturated heterocycles. The van der Waals surface area contributed by atoms with E-state index >= 15 is 0 Å². The van der Waals surface area contributed by atoms with Crippen LogP contribution in [0.5, 0.6) is 0 Å². The molecule has 5 rings (SSSR count). The molecule has 12 heteroatoms. The number of thiazole rings is 1. The fraction of sp³-hybridized carbons (Fsp3) is 0.259. The van der Waals surface area contributed by atoms with Gasteiger partial charge >= 0.3 is 12.1 Å². The molecule has 1 aliphatic rings. The number of benzene rings is 1. The molecule has 3 aromatic heterocycles. The first-order valence-corrected chi connectivity index (χ1v) is 12.8. The molecule has 0 fully saturated rings. The average Bonchev–Trinajstić information content (AvgIpc) is 3.31. The van der Waals surface area contributed by atoms with Gasteiger partial charge in [0.05, 0.1) is 32.3 Å². The van der Waals surface area contributed by atoms with Crippen molar-refractivity contribution in [1.82, 2.24) is 15.0 Å². The predicted octanol–water partition coefficient (Wildman–Crippen LogP) is 6.27. The average molecular weight is 559 g/mol. The summed E-state index contributed by atoms with van der Waals surface area (Å²) in [5, 5.41) is 24.1. The van der Waals surface area contributed by atoms with Crippen LogP contribution in [0.25, 0.3) is 10.6 Å². The number of halogens is 4. The number of alkyl halides is 3. The summed E-state index contributed by atoms with van der Waals surface area (Å²) in [7, 11) is 0. The second-order valence-corrected chi connectivity index (χ2v) is 10.6. The van der Waals surface area contributed by atoms with Crippen molar-refractivity contribution in [1.29, 1.82) is 0 Å². The van der Waals surface area contributed by atoms with Crippen molar-refractivity contribution in [3.8, 4) is 10.6 Å². The third-order valence-corrected chi connectivity index (χ3v) is 7.54. The normalized spacial score (nSPS) is 17.1. The largest absolute Gasteiger partial charge is 0.478 e. The standard InChI is InChI=1S/C27H22F4N4O3S/c1-14-7-20(34-23(8-14)35-22-10-16(4-6-32-22)27(29,30)31)21-13-33-24(39-21)12-26(38)5-2-3-15-9-17(25(36)37)19(28)11-18(15)26/h4,6-11,13,38H,2-3,5,12H2,1H3,(H,36,37)(H,32,34,35). The van der Waals surface area contributed by atoms with Gasteiger partial charge in [0, 0.05) is 18.8 Å². The Bertz CT molecular complexity index is 1570. The predicted molar refractivity (Wildman–Crippen MR) is 137 cm³/mol. The molecule has 202 valence electrons. The number of aromatic carboxylic acids is 1. The molecule has 0 aliphatic heterocycles. The number of carbonyl (C=O) groups is 1. The van der Waals surface area contributed by atoms with Gasteiger partial charge in [-0.25, -0.2) is 24.1 Å². The van der Waals surface area contributed by atoms with Gasteiger partial charge in [0.1, 0.15) is 17.5 Å². The van der Waals surface area contributed by atoms with E-state index < -0.39 is 34.7 Å². The number of aliphatic hydroxyl groups is 1. The van der Waals surface area contributed by atoms with Crippen LogP contribution >= 0.6 is 11.3 Å². The van der Waals surface area contributed by atoms with Gasteiger partial charge in [-0.3, -0.25) is 0 Å². The number of pyridine rings is 2. The first-order chi connectivity index (χ1) is 18.4. The second-order valence-electron chi connectivity index (χ2n) is 9.44. The van der Waals surface area contributed by atoms with Crippen LogP contribution in [-0.4, -0.2) is 31.1 Å². The molecule has 1 aliphatic carbocycles. The molecule has 1 unspecified atom stereocenters. The maximum Gasteiger partial charge on any atom is 0.416 e. The summed E-state index contributed by atoms with van der Waals surface area (Å²) in [5.74, 6) is -1.97. The lowest BCUT2D eigenvalue weighted by atomic mass is 9.76. The van der Waals surface area contributed by atoms with E-state index in [1.165, 1.54) is 17.4 Å². The SMILES string of the molecule is Cc1cc(Nc2cc(C(F)(F)F)ccn2)nc(-c2cnc(CC3(O)CCCc4cc(C(=O)O)c(F)cc43)s2)c1. The molecular weight excluding hydrogens is 536 g/mol. The van der Waals surface area contributed by atoms with Crippen molar-refractivity contribution in [2.24, 2.45) is 0 Å². The zero-order chi connectivity index (χ0) is 27.9. The van der Waals surface area contributed by atoms with Crippen LogP contribution in [0.4, 0.5) is 29.2 Å². The number of carboxylic acids is 1. The maximum atomic E-state index is 14.5. The quantitative estimate of drug-likeness (QED) is 0.239. The van der Waals surface area contributed by atoms with Gasteiger partial charge in [-0.2, -0.15) is 13.2 Å². The van der Waals surface area contributed by atoms with Crippen molar-refractivity contribution in [3.63, 3.8) is 0 Å². The van der Waals surface area contributed by atoms with Crippen LogP contribution < -0.4 is 5.32 Å². The van der Waals surface area contributed by atoms with Crippen LogP contribution in [0.2, 0.25) is 0 Å². The van der Waals surface area contributed by atoms with Crippen LogP contribution in [0, 0.1) is 12.7 Å². The molecule has 3 heterocycles. The maximum absolute atomic E-state index is 14.5. The molecule has 0 saturated carbocycles. The fourth-order valence-electron chi connectivity index (χ4n) is 4.74. The Morgan fingerprint density at radius 2 is 1.95 bits per heavy atom. The van der Waals surface area contributed by atoms with Gasteiger partial charge in [-0.05, 0) is 79.3 Å². The van der Waals surface area contributed by atoms with E-state index in [0.717, 1.165) is 30.0 Å². The van der Waals surface area contributed by atoms with Gasteiger partial charge in [-0.1, -0.05) is 0 Å². The Kier molecular flexibility index (Phi) is 6.85. The zero-order valence-corrected chi connectivity index (χ0v) is 21.3. The number of aryl methyl sites for hydroxylation is 2. The van der Waals surface area contributed by atoms with Gasteiger partial charge in [-0.15, -0.1) is 11.3 Å². The van der Waals surface area contributed by atoms with E-state index in [4.69, 9.17) is 0 Å². The Morgan fingerprint density at radius 1 is 1.15 bits per heavy atom. The highest BCUT2D eigenvalue weighted by atomic mass is 32.1. The van der Waals surface area contributed by atoms with E-state index in [-0.39, 0.29) is 12.2 Å². The summed E-state index contributed by atoms with van der Waals surface area (Å²) in [5.41, 5.74) is -0.385. The Morgan fingerprint density at radius 3 is 2.69 bits per heavy atom. The van der Waals surface area contributed by atoms with Crippen molar-refractivity contribution >= 4 is 28.9 Å². The first-order valence-electron chi connectivity index (χ1n) is 11.9. The first kappa shape index (κ1) is 26.7. The highest BCUT2D eigenvalue weighted by Gasteiger charge is 2.37. The number of anilines is 2. The number of carboxylic acid groups (broad SMARTS) is 1. The van der Waals surface area contributed by atoms with Gasteiger partial charge < -0.3 is 15.5 Å². The molecule has 0 amide bonds. The second kappa shape index (κ2) is 10.0. The van der Waals surface area contributed by atoms with Gasteiger partial charge in [0.25, 0.3) is 0 Å². The molecule has 1 atom stereocenters. The van der Waals surface area contributed by atoms with Crippen molar-refractivity contribution < 1.29 is 32.6 Å². The summed E-state index contributed by atoms with van der Waals surface area (Å²) < 4.78 is 53.7. The molecule has 4 aromatic rings. The lowest BCUT2D eigenvalue weighted by Crippen LogP contribution is -2.33. The van der Waals surface area contributed by atoms with Crippen LogP contribution in [0.1, 0.15) is 50.5 Å². The Labute approximate surface area is 224 Å². The van der Waals surface area contributed by atoms with Crippen molar-refractivity contribution in [2.45, 2.75) is 44.4 Å². The number of nitrogens with zero attached hydrogens (tertiary/aromatic N) is 3. The summed E-state index contributed by atoms with van der Waals surface area (Å²) in [6.07, 6.45) is -0.245. The topological polar surface area (TPSA) is 108 Å². The minimum absolute atomic E-state index is 0.00431. The smallest absolute Gasteiger partial charge is 0.416 e. The summed E-state index contributed by atoms with van der Waals surface area (Å²) in [4.78, 5) is 24.9. The van der Waals surface area contributed by atoms with Gasteiger partial charge in [0.15, 0.2) is 0 Å². The van der Waals surface area contributed by atoms with E-state index in [1.807, 2.05) is 6.92 Å². The summed E-state index contributed by atoms with van der Waals surface area (Å²) >= 11 is 1.28. The van der Waals surface area contributed by atoms with Crippen molar-refractivity contribution in [3.05, 3.63) is 87.4 Å². The Hall–Kier alpha value is -3.90. The lowest BCUT2D eigenvalue weighted by Gasteiger charge is -2.34. The molecule has 0 bridgehead atoms. The molecule has 0 spiro atoms. The number of hydrogen-bond donors (Lipinski definition) is 3. The van der Waals surface area contributed by atoms with Crippen molar-refractivity contribution in [2.75, 3.05) is 5.32 Å². The van der Waals surface area contributed by atoms with E-state index in [0.29, 0.717) is 51.8 Å². The van der Waals surface area contributed by atoms with E-state index in [9.17, 15) is 32.6 Å². The van der Waals surface area contributed by atoms with Crippen LogP contribution in [0.15, 0.2) is 48.8 Å². The molecule has 0 radical (unpaired) electrons. The Balaban J connectivity index is 1.40. The summed E-state index contributed by atoms with van der Waals surface area (Å²) in [6.45, 7) is 1.82. The van der Waals surface area contributed by atoms with Crippen LogP contribution in [0.3, 0.4) is 0 Å².